The molecule has 1 spiro atoms. The summed E-state index contributed by atoms with van der Waals surface area (Å²) in [5.74, 6) is 2.22. The van der Waals surface area contributed by atoms with Gasteiger partial charge in [-0.2, -0.15) is 0 Å². The number of rotatable bonds is 5. The second-order valence-corrected chi connectivity index (χ2v) is 14.9. The lowest BCUT2D eigenvalue weighted by Gasteiger charge is -2.47. The van der Waals surface area contributed by atoms with Gasteiger partial charge >= 0.3 is 6.09 Å². The molecule has 0 radical (unpaired) electrons. The maximum absolute atomic E-state index is 12.6. The molecule has 0 aromatic heterocycles. The average Bonchev–Trinajstić information content (AvgIpc) is 3.01. The number of halogens is 1. The van der Waals surface area contributed by atoms with Gasteiger partial charge in [-0.05, 0) is 103 Å². The molecule has 6 rings (SSSR count). The molecule has 3 atom stereocenters. The Kier molecular flexibility index (Phi) is 9.11. The van der Waals surface area contributed by atoms with E-state index in [1.54, 1.807) is 0 Å². The van der Waals surface area contributed by atoms with E-state index in [-0.39, 0.29) is 17.9 Å². The third-order valence-corrected chi connectivity index (χ3v) is 10.4. The van der Waals surface area contributed by atoms with Gasteiger partial charge < -0.3 is 23.8 Å². The molecule has 3 aliphatic rings. The molecule has 3 aliphatic heterocycles. The van der Waals surface area contributed by atoms with Crippen LogP contribution in [0.1, 0.15) is 75.0 Å². The molecule has 8 heteroatoms. The molecule has 3 heterocycles. The fourth-order valence-corrected chi connectivity index (χ4v) is 8.00. The van der Waals surface area contributed by atoms with Crippen LogP contribution < -0.4 is 14.2 Å². The summed E-state index contributed by atoms with van der Waals surface area (Å²) >= 11 is 2.25. The molecule has 0 N–H and O–H groups in total. The first-order chi connectivity index (χ1) is 20.7. The third-order valence-electron chi connectivity index (χ3n) is 9.44. The Morgan fingerprint density at radius 1 is 0.907 bits per heavy atom. The van der Waals surface area contributed by atoms with Gasteiger partial charge in [0.2, 0.25) is 0 Å². The Morgan fingerprint density at radius 3 is 2.23 bits per heavy atom. The molecule has 3 aromatic carbocycles. The number of benzene rings is 3. The number of hydrogen-bond acceptors (Lipinski definition) is 5. The zero-order chi connectivity index (χ0) is 30.0. The van der Waals surface area contributed by atoms with Gasteiger partial charge in [0, 0.05) is 55.3 Å². The van der Waals surface area contributed by atoms with Crippen molar-refractivity contribution >= 4 is 40.3 Å². The molecule has 3 unspecified atom stereocenters. The number of carbonyl (C=O) groups excluding carboxylic acids is 1. The first kappa shape index (κ1) is 30.5. The molecule has 2 saturated heterocycles. The first-order valence-corrected chi connectivity index (χ1v) is 19.4. The van der Waals surface area contributed by atoms with Gasteiger partial charge in [-0.1, -0.05) is 48.5 Å². The number of hydrogen-bond donors (Lipinski definition) is 0. The van der Waals surface area contributed by atoms with Gasteiger partial charge in [-0.3, -0.25) is 0 Å². The van der Waals surface area contributed by atoms with Gasteiger partial charge in [0.05, 0.1) is 6.61 Å². The van der Waals surface area contributed by atoms with Crippen LogP contribution in [-0.2, 0) is 4.74 Å². The lowest BCUT2D eigenvalue weighted by atomic mass is 9.71. The van der Waals surface area contributed by atoms with Crippen molar-refractivity contribution < 1.29 is 18.8 Å². The van der Waals surface area contributed by atoms with Crippen molar-refractivity contribution in [2.75, 3.05) is 37.7 Å². The molecule has 43 heavy (non-hydrogen) atoms. The minimum Gasteiger partial charge on any atom is -0.492 e. The van der Waals surface area contributed by atoms with E-state index >= 15 is 0 Å². The quantitative estimate of drug-likeness (QED) is 0.195. The van der Waals surface area contributed by atoms with Crippen molar-refractivity contribution in [2.45, 2.75) is 63.9 Å². The van der Waals surface area contributed by atoms with Crippen molar-refractivity contribution in [3.8, 4) is 11.5 Å². The number of ether oxygens (including phenoxy) is 2. The van der Waals surface area contributed by atoms with Crippen LogP contribution in [0.2, 0.25) is 0 Å². The highest BCUT2D eigenvalue weighted by Crippen LogP contribution is 2.48. The predicted octanol–water partition coefficient (Wildman–Crippen LogP) is 8.93. The van der Waals surface area contributed by atoms with E-state index in [0.29, 0.717) is 18.5 Å². The molecule has 0 aliphatic carbocycles. The Balaban J connectivity index is 1.14. The highest BCUT2D eigenvalue weighted by molar-refractivity contribution is 14.2. The van der Waals surface area contributed by atoms with Gasteiger partial charge in [0.25, 0.3) is 0 Å². The summed E-state index contributed by atoms with van der Waals surface area (Å²) in [5, 5.41) is 0. The lowest BCUT2D eigenvalue weighted by Crippen LogP contribution is -2.49. The van der Waals surface area contributed by atoms with Crippen molar-refractivity contribution in [3.63, 3.8) is 0 Å². The number of amides is 1. The maximum atomic E-state index is 12.6. The summed E-state index contributed by atoms with van der Waals surface area (Å²) < 4.78 is 17.7. The van der Waals surface area contributed by atoms with Crippen molar-refractivity contribution in [1.82, 2.24) is 4.90 Å². The largest absolute Gasteiger partial charge is 0.492 e. The van der Waals surface area contributed by atoms with E-state index in [9.17, 15) is 4.79 Å². The molecular formula is C35H42IN2O4P. The number of anilines is 1. The van der Waals surface area contributed by atoms with E-state index in [1.807, 2.05) is 31.7 Å². The minimum absolute atomic E-state index is 0.170. The lowest BCUT2D eigenvalue weighted by molar-refractivity contribution is 0.00666. The summed E-state index contributed by atoms with van der Waals surface area (Å²) in [6, 6.07) is 26.3. The van der Waals surface area contributed by atoms with Gasteiger partial charge in [0.15, 0.2) is 0 Å². The van der Waals surface area contributed by atoms with Crippen molar-refractivity contribution in [2.24, 2.45) is 5.41 Å². The second kappa shape index (κ2) is 12.8. The Morgan fingerprint density at radius 2 is 1.58 bits per heavy atom. The number of piperidine rings is 2. The molecule has 0 saturated carbocycles. The number of fused-ring (bicyclic) bond motifs is 1. The first-order valence-electron chi connectivity index (χ1n) is 15.4. The number of likely N-dealkylation sites (tertiary alicyclic amines) is 1. The summed E-state index contributed by atoms with van der Waals surface area (Å²) in [6.07, 6.45) is 4.30. The molecule has 3 aromatic rings. The van der Waals surface area contributed by atoms with E-state index in [1.165, 1.54) is 35.2 Å². The highest BCUT2D eigenvalue weighted by atomic mass is 127. The van der Waals surface area contributed by atoms with Gasteiger partial charge in [0.1, 0.15) is 23.6 Å². The van der Waals surface area contributed by atoms with Crippen LogP contribution in [-0.4, -0.2) is 49.4 Å². The van der Waals surface area contributed by atoms with Crippen LogP contribution in [0.3, 0.4) is 0 Å². The van der Waals surface area contributed by atoms with Crippen LogP contribution >= 0.6 is 28.5 Å². The van der Waals surface area contributed by atoms with Crippen LogP contribution in [0.5, 0.6) is 11.5 Å². The third kappa shape index (κ3) is 6.93. The van der Waals surface area contributed by atoms with E-state index < -0.39 is 5.60 Å². The summed E-state index contributed by atoms with van der Waals surface area (Å²) in [5.41, 5.74) is 5.01. The zero-order valence-electron chi connectivity index (χ0n) is 25.4. The smallest absolute Gasteiger partial charge is 0.410 e. The van der Waals surface area contributed by atoms with Crippen LogP contribution in [0.4, 0.5) is 10.5 Å². The molecule has 2 fully saturated rings. The monoisotopic (exact) mass is 712 g/mol. The Labute approximate surface area is 270 Å². The molecule has 1 amide bonds. The molecule has 6 nitrogen and oxygen atoms in total. The number of nitrogens with zero attached hydrogens (tertiary/aromatic N) is 2. The molecular weight excluding hydrogens is 670 g/mol. The SMILES string of the molecule is CC(C)(C)OC(=O)N1CCC2(CC1)CCN(c1ccc(C3c4ccc(OPI)cc4OCC3c3ccccc3)cc1)CC2. The molecule has 0 bridgehead atoms. The summed E-state index contributed by atoms with van der Waals surface area (Å²) in [7, 11) is 0. The second-order valence-electron chi connectivity index (χ2n) is 13.2. The summed E-state index contributed by atoms with van der Waals surface area (Å²) in [6.45, 7) is 10.5. The topological polar surface area (TPSA) is 51.2 Å². The van der Waals surface area contributed by atoms with Crippen LogP contribution in [0.15, 0.2) is 72.8 Å². The van der Waals surface area contributed by atoms with Gasteiger partial charge in [-0.25, -0.2) is 4.79 Å². The minimum atomic E-state index is -0.448. The Hall–Kier alpha value is -2.51. The van der Waals surface area contributed by atoms with E-state index in [2.05, 4.69) is 93.7 Å². The standard InChI is InChI=1S/C35H42IN2O4P/c1-34(2,3)41-33(39)38-21-17-35(18-22-38)15-19-37(20-16-35)27-11-9-26(10-12-27)32-29-14-13-28(42-43-36)23-31(29)40-24-30(32)25-7-5-4-6-8-25/h4-14,23,30,32,43H,15-22,24H2,1-3H3. The van der Waals surface area contributed by atoms with E-state index in [4.69, 9.17) is 14.0 Å². The normalized spacial score (nSPS) is 21.9. The number of carbonyl (C=O) groups is 1. The summed E-state index contributed by atoms with van der Waals surface area (Å²) in [4.78, 5) is 17.0. The fraction of sp³-hybridized carbons (Fsp3) is 0.457. The van der Waals surface area contributed by atoms with Crippen LogP contribution in [0, 0.1) is 5.41 Å². The Bertz CT molecular complexity index is 1390. The average molecular weight is 713 g/mol. The van der Waals surface area contributed by atoms with E-state index in [0.717, 1.165) is 50.5 Å². The fourth-order valence-electron chi connectivity index (χ4n) is 7.02. The maximum Gasteiger partial charge on any atom is 0.410 e. The van der Waals surface area contributed by atoms with Crippen molar-refractivity contribution in [1.29, 1.82) is 0 Å². The van der Waals surface area contributed by atoms with Gasteiger partial charge in [-0.15, -0.1) is 0 Å². The van der Waals surface area contributed by atoms with Crippen molar-refractivity contribution in [3.05, 3.63) is 89.5 Å². The van der Waals surface area contributed by atoms with Crippen LogP contribution in [0.25, 0.3) is 0 Å². The highest BCUT2D eigenvalue weighted by Gasteiger charge is 2.40. The molecule has 228 valence electrons. The predicted molar refractivity (Wildman–Crippen MR) is 183 cm³/mol. The zero-order valence-corrected chi connectivity index (χ0v) is 28.5.